The third-order valence-corrected chi connectivity index (χ3v) is 6.56. The molecule has 0 N–H and O–H groups in total. The minimum atomic E-state index is -1.11. The van der Waals surface area contributed by atoms with Crippen molar-refractivity contribution in [1.82, 2.24) is 9.80 Å². The molecule has 2 aromatic carbocycles. The van der Waals surface area contributed by atoms with Gasteiger partial charge in [0.15, 0.2) is 5.60 Å². The summed E-state index contributed by atoms with van der Waals surface area (Å²) in [6.45, 7) is 0.366. The molecule has 1 spiro atoms. The Morgan fingerprint density at radius 2 is 1.44 bits per heavy atom. The smallest absolute Gasteiger partial charge is 0.257 e. The molecule has 9 heteroatoms. The van der Waals surface area contributed by atoms with Crippen molar-refractivity contribution in [2.75, 3.05) is 13.1 Å². The molecule has 3 aliphatic rings. The highest BCUT2D eigenvalue weighted by Gasteiger charge is 2.58. The normalized spacial score (nSPS) is 24.3. The number of halogens is 4. The Morgan fingerprint density at radius 3 is 2.03 bits per heavy atom. The summed E-state index contributed by atoms with van der Waals surface area (Å²) < 4.78 is 60.5. The fourth-order valence-corrected chi connectivity index (χ4v) is 5.07. The van der Waals surface area contributed by atoms with Gasteiger partial charge in [-0.2, -0.15) is 0 Å². The van der Waals surface area contributed by atoms with E-state index in [2.05, 4.69) is 0 Å². The number of likely N-dealkylation sites (tertiary alicyclic amines) is 1. The molecule has 0 aromatic heterocycles. The van der Waals surface area contributed by atoms with Crippen molar-refractivity contribution in [3.63, 3.8) is 0 Å². The van der Waals surface area contributed by atoms with Gasteiger partial charge in [-0.1, -0.05) is 0 Å². The maximum absolute atomic E-state index is 13.7. The Morgan fingerprint density at radius 1 is 0.875 bits per heavy atom. The van der Waals surface area contributed by atoms with E-state index in [1.54, 1.807) is 4.90 Å². The summed E-state index contributed by atoms with van der Waals surface area (Å²) in [5.41, 5.74) is -0.815. The van der Waals surface area contributed by atoms with E-state index in [1.165, 1.54) is 17.0 Å². The fraction of sp³-hybridized carbons (Fsp3) is 0.391. The van der Waals surface area contributed by atoms with Gasteiger partial charge < -0.3 is 14.5 Å². The van der Waals surface area contributed by atoms with Gasteiger partial charge in [-0.25, -0.2) is 17.6 Å². The largest absolute Gasteiger partial charge is 0.342 e. The molecule has 3 heterocycles. The predicted octanol–water partition coefficient (Wildman–Crippen LogP) is 3.94. The number of benzene rings is 2. The van der Waals surface area contributed by atoms with E-state index in [0.717, 1.165) is 18.2 Å². The van der Waals surface area contributed by atoms with Crippen LogP contribution in [0.15, 0.2) is 36.4 Å². The number of piperidine rings is 1. The van der Waals surface area contributed by atoms with Gasteiger partial charge >= 0.3 is 0 Å². The first-order valence-electron chi connectivity index (χ1n) is 10.5. The Bertz CT molecular complexity index is 1060. The quantitative estimate of drug-likeness (QED) is 0.654. The number of ether oxygens (including phenoxy) is 1. The summed E-state index contributed by atoms with van der Waals surface area (Å²) in [5.74, 6) is -3.85. The van der Waals surface area contributed by atoms with E-state index in [9.17, 15) is 27.2 Å². The van der Waals surface area contributed by atoms with Gasteiger partial charge in [-0.05, 0) is 42.7 Å². The standard InChI is InChI=1S/C23H20F4N2O3/c24-15-7-13(8-16(25)11-15)19-1-2-20-29(19)22(31)23(32-20)3-5-28(6-4-23)21(30)14-9-17(26)12-18(27)10-14/h7-12,19-20H,1-6H2. The van der Waals surface area contributed by atoms with Gasteiger partial charge in [-0.15, -0.1) is 0 Å². The first kappa shape index (κ1) is 20.9. The van der Waals surface area contributed by atoms with Crippen molar-refractivity contribution in [2.45, 2.75) is 43.6 Å². The average Bonchev–Trinajstić information content (AvgIpc) is 3.25. The molecule has 3 fully saturated rings. The van der Waals surface area contributed by atoms with E-state index >= 15 is 0 Å². The van der Waals surface area contributed by atoms with Crippen LogP contribution in [0, 0.1) is 23.3 Å². The number of hydrogen-bond donors (Lipinski definition) is 0. The second-order valence-corrected chi connectivity index (χ2v) is 8.53. The van der Waals surface area contributed by atoms with Crippen LogP contribution in [0.3, 0.4) is 0 Å². The molecule has 2 atom stereocenters. The van der Waals surface area contributed by atoms with Crippen LogP contribution < -0.4 is 0 Å². The number of hydrogen-bond acceptors (Lipinski definition) is 3. The lowest BCUT2D eigenvalue weighted by Gasteiger charge is -2.37. The molecule has 2 unspecified atom stereocenters. The van der Waals surface area contributed by atoms with Gasteiger partial charge in [0.25, 0.3) is 11.8 Å². The summed E-state index contributed by atoms with van der Waals surface area (Å²) >= 11 is 0. The zero-order valence-electron chi connectivity index (χ0n) is 17.0. The van der Waals surface area contributed by atoms with E-state index < -0.39 is 47.0 Å². The average molecular weight is 448 g/mol. The maximum Gasteiger partial charge on any atom is 0.257 e. The van der Waals surface area contributed by atoms with Crippen LogP contribution in [0.1, 0.15) is 47.6 Å². The summed E-state index contributed by atoms with van der Waals surface area (Å²) in [6.07, 6.45) is 1.05. The number of fused-ring (bicyclic) bond motifs is 1. The highest BCUT2D eigenvalue weighted by molar-refractivity contribution is 5.95. The second kappa shape index (κ2) is 7.58. The van der Waals surface area contributed by atoms with Gasteiger partial charge in [0.2, 0.25) is 0 Å². The van der Waals surface area contributed by atoms with E-state index in [4.69, 9.17) is 4.74 Å². The Labute approximate surface area is 181 Å². The topological polar surface area (TPSA) is 49.9 Å². The van der Waals surface area contributed by atoms with E-state index in [0.29, 0.717) is 24.5 Å². The van der Waals surface area contributed by atoms with Crippen LogP contribution in [-0.4, -0.2) is 46.5 Å². The summed E-state index contributed by atoms with van der Waals surface area (Å²) in [6, 6.07) is 5.42. The fourth-order valence-electron chi connectivity index (χ4n) is 5.07. The van der Waals surface area contributed by atoms with Crippen molar-refractivity contribution in [3.05, 3.63) is 70.8 Å². The summed E-state index contributed by atoms with van der Waals surface area (Å²) in [7, 11) is 0. The van der Waals surface area contributed by atoms with Crippen LogP contribution in [0.2, 0.25) is 0 Å². The van der Waals surface area contributed by atoms with Gasteiger partial charge in [0.1, 0.15) is 29.5 Å². The number of nitrogens with zero attached hydrogens (tertiary/aromatic N) is 2. The molecule has 3 aliphatic heterocycles. The Hall–Kier alpha value is -2.94. The lowest BCUT2D eigenvalue weighted by molar-refractivity contribution is -0.142. The molecule has 0 aliphatic carbocycles. The van der Waals surface area contributed by atoms with Crippen LogP contribution in [0.5, 0.6) is 0 Å². The molecule has 2 aromatic rings. The third-order valence-electron chi connectivity index (χ3n) is 6.56. The van der Waals surface area contributed by atoms with Crippen molar-refractivity contribution < 1.29 is 31.9 Å². The minimum absolute atomic E-state index is 0.0917. The number of rotatable bonds is 2. The van der Waals surface area contributed by atoms with Crippen molar-refractivity contribution in [1.29, 1.82) is 0 Å². The highest BCUT2D eigenvalue weighted by Crippen LogP contribution is 2.47. The lowest BCUT2D eigenvalue weighted by atomic mass is 9.89. The number of carbonyl (C=O) groups excluding carboxylic acids is 2. The van der Waals surface area contributed by atoms with Crippen molar-refractivity contribution in [3.8, 4) is 0 Å². The highest BCUT2D eigenvalue weighted by atomic mass is 19.1. The van der Waals surface area contributed by atoms with Gasteiger partial charge in [0, 0.05) is 43.6 Å². The molecule has 168 valence electrons. The number of amides is 2. The Balaban J connectivity index is 1.32. The van der Waals surface area contributed by atoms with Crippen molar-refractivity contribution >= 4 is 11.8 Å². The van der Waals surface area contributed by atoms with Crippen LogP contribution >= 0.6 is 0 Å². The molecule has 2 amide bonds. The minimum Gasteiger partial charge on any atom is -0.342 e. The third kappa shape index (κ3) is 3.44. The van der Waals surface area contributed by atoms with Crippen molar-refractivity contribution in [2.24, 2.45) is 0 Å². The number of carbonyl (C=O) groups is 2. The first-order chi connectivity index (χ1) is 15.3. The molecular weight excluding hydrogens is 428 g/mol. The molecule has 0 bridgehead atoms. The zero-order valence-corrected chi connectivity index (χ0v) is 17.0. The lowest BCUT2D eigenvalue weighted by Crippen LogP contribution is -2.51. The summed E-state index contributed by atoms with van der Waals surface area (Å²) in [5, 5.41) is 0. The molecular formula is C23H20F4N2O3. The van der Waals surface area contributed by atoms with Gasteiger partial charge in [0.05, 0.1) is 6.04 Å². The molecule has 5 nitrogen and oxygen atoms in total. The Kier molecular flexibility index (Phi) is 4.96. The van der Waals surface area contributed by atoms with Crippen LogP contribution in [-0.2, 0) is 9.53 Å². The zero-order chi connectivity index (χ0) is 22.6. The molecule has 32 heavy (non-hydrogen) atoms. The van der Waals surface area contributed by atoms with Crippen LogP contribution in [0.4, 0.5) is 17.6 Å². The second-order valence-electron chi connectivity index (χ2n) is 8.53. The summed E-state index contributed by atoms with van der Waals surface area (Å²) in [4.78, 5) is 29.0. The predicted molar refractivity (Wildman–Crippen MR) is 104 cm³/mol. The molecule has 0 radical (unpaired) electrons. The maximum atomic E-state index is 13.7. The molecule has 5 rings (SSSR count). The SMILES string of the molecule is O=C(c1cc(F)cc(F)c1)N1CCC2(CC1)OC1CCC(c3cc(F)cc(F)c3)N1C2=O. The van der Waals surface area contributed by atoms with Crippen LogP contribution in [0.25, 0.3) is 0 Å². The van der Waals surface area contributed by atoms with E-state index in [1.807, 2.05) is 0 Å². The molecule has 3 saturated heterocycles. The van der Waals surface area contributed by atoms with Gasteiger partial charge in [-0.3, -0.25) is 9.59 Å². The monoisotopic (exact) mass is 448 g/mol. The van der Waals surface area contributed by atoms with E-state index in [-0.39, 0.29) is 37.4 Å². The first-order valence-corrected chi connectivity index (χ1v) is 10.5. The molecule has 0 saturated carbocycles.